The van der Waals surface area contributed by atoms with Crippen LogP contribution in [-0.2, 0) is 16.8 Å². The van der Waals surface area contributed by atoms with E-state index in [-0.39, 0.29) is 6.03 Å². The van der Waals surface area contributed by atoms with E-state index in [9.17, 15) is 24.9 Å². The lowest BCUT2D eigenvalue weighted by molar-refractivity contribution is -0.166. The molecule has 1 saturated heterocycles. The molecule has 0 aromatic heterocycles. The average Bonchev–Trinajstić information content (AvgIpc) is 2.99. The average molecular weight is 351 g/mol. The van der Waals surface area contributed by atoms with Gasteiger partial charge >= 0.3 is 12.1 Å². The summed E-state index contributed by atoms with van der Waals surface area (Å²) in [4.78, 5) is 24.6. The van der Waals surface area contributed by atoms with Crippen molar-refractivity contribution in [2.75, 3.05) is 18.9 Å². The zero-order chi connectivity index (χ0) is 18.4. The number of β-amino-alcohol motifs (C(OH)–C–C–N with tert-alkyl or cyclic N) is 2. The molecule has 1 fully saturated rings. The van der Waals surface area contributed by atoms with Crippen LogP contribution >= 0.6 is 0 Å². The SMILES string of the molecule is CNC(=O)Nc1ccc2c(c1)CC[C@@]21OC(=O)N(CC(O)O)C1(C)O. The van der Waals surface area contributed by atoms with Crippen molar-refractivity contribution in [2.24, 2.45) is 0 Å². The van der Waals surface area contributed by atoms with Crippen molar-refractivity contribution in [3.63, 3.8) is 0 Å². The molecule has 1 unspecified atom stereocenters. The number of nitrogens with one attached hydrogen (secondary N) is 2. The molecule has 1 heterocycles. The molecule has 0 saturated carbocycles. The van der Waals surface area contributed by atoms with Gasteiger partial charge in [-0.2, -0.15) is 0 Å². The Hall–Kier alpha value is -2.36. The fourth-order valence-corrected chi connectivity index (χ4v) is 3.62. The summed E-state index contributed by atoms with van der Waals surface area (Å²) in [7, 11) is 1.51. The van der Waals surface area contributed by atoms with Crippen molar-refractivity contribution >= 4 is 17.8 Å². The standard InChI is InChI=1S/C16H21N3O6/c1-15(24)16(25-14(23)19(15)8-12(20)21)6-5-9-7-10(3-4-11(9)16)18-13(22)17-2/h3-4,7,12,20-21,24H,5-6,8H2,1-2H3,(H2,17,18,22)/t15?,16-/m1/s1. The lowest BCUT2D eigenvalue weighted by Crippen LogP contribution is -2.55. The van der Waals surface area contributed by atoms with E-state index in [1.165, 1.54) is 14.0 Å². The molecule has 1 aromatic rings. The van der Waals surface area contributed by atoms with Gasteiger partial charge in [-0.3, -0.25) is 4.90 Å². The number of aliphatic hydroxyl groups excluding tert-OH is 1. The molecule has 2 atom stereocenters. The first-order chi connectivity index (χ1) is 11.7. The van der Waals surface area contributed by atoms with Crippen LogP contribution in [0.2, 0.25) is 0 Å². The molecule has 2 aliphatic rings. The minimum absolute atomic E-state index is 0.350. The molecule has 3 rings (SSSR count). The number of ether oxygens (including phenoxy) is 1. The van der Waals surface area contributed by atoms with Gasteiger partial charge in [0, 0.05) is 24.7 Å². The maximum Gasteiger partial charge on any atom is 0.413 e. The highest BCUT2D eigenvalue weighted by Gasteiger charge is 2.65. The Morgan fingerprint density at radius 3 is 2.80 bits per heavy atom. The molecule has 1 aliphatic carbocycles. The quantitative estimate of drug-likeness (QED) is 0.489. The van der Waals surface area contributed by atoms with E-state index in [0.717, 1.165) is 10.5 Å². The number of fused-ring (bicyclic) bond motifs is 2. The summed E-state index contributed by atoms with van der Waals surface area (Å²) >= 11 is 0. The first kappa shape index (κ1) is 17.5. The molecule has 1 spiro atoms. The molecular weight excluding hydrogens is 330 g/mol. The number of urea groups is 1. The Balaban J connectivity index is 1.96. The van der Waals surface area contributed by atoms with E-state index in [1.807, 2.05) is 0 Å². The van der Waals surface area contributed by atoms with Crippen molar-refractivity contribution in [1.29, 1.82) is 0 Å². The van der Waals surface area contributed by atoms with Crippen molar-refractivity contribution < 1.29 is 29.6 Å². The lowest BCUT2D eigenvalue weighted by atomic mass is 9.85. The highest BCUT2D eigenvalue weighted by atomic mass is 16.6. The smallest absolute Gasteiger partial charge is 0.413 e. The molecule has 5 N–H and O–H groups in total. The van der Waals surface area contributed by atoms with Gasteiger partial charge in [0.05, 0.1) is 6.54 Å². The number of anilines is 1. The number of rotatable bonds is 3. The number of carbonyl (C=O) groups excluding carboxylic acids is 2. The predicted molar refractivity (Wildman–Crippen MR) is 86.6 cm³/mol. The van der Waals surface area contributed by atoms with Gasteiger partial charge in [-0.05, 0) is 31.0 Å². The van der Waals surface area contributed by atoms with Gasteiger partial charge in [0.15, 0.2) is 17.6 Å². The molecule has 0 radical (unpaired) electrons. The highest BCUT2D eigenvalue weighted by Crippen LogP contribution is 2.53. The van der Waals surface area contributed by atoms with Gasteiger partial charge < -0.3 is 30.7 Å². The van der Waals surface area contributed by atoms with Gasteiger partial charge in [0.25, 0.3) is 0 Å². The Morgan fingerprint density at radius 2 is 2.16 bits per heavy atom. The van der Waals surface area contributed by atoms with Gasteiger partial charge in [-0.15, -0.1) is 0 Å². The van der Waals surface area contributed by atoms with Gasteiger partial charge in [-0.25, -0.2) is 9.59 Å². The zero-order valence-corrected chi connectivity index (χ0v) is 13.9. The molecular formula is C16H21N3O6. The second-order valence-electron chi connectivity index (χ2n) is 6.38. The van der Waals surface area contributed by atoms with Crippen LogP contribution < -0.4 is 10.6 Å². The number of hydrogen-bond acceptors (Lipinski definition) is 6. The second-order valence-corrected chi connectivity index (χ2v) is 6.38. The summed E-state index contributed by atoms with van der Waals surface area (Å²) in [5.41, 5.74) is -0.965. The fraction of sp³-hybridized carbons (Fsp3) is 0.500. The topological polar surface area (TPSA) is 131 Å². The maximum absolute atomic E-state index is 12.2. The Kier molecular flexibility index (Phi) is 4.10. The van der Waals surface area contributed by atoms with Crippen LogP contribution in [0.4, 0.5) is 15.3 Å². The first-order valence-electron chi connectivity index (χ1n) is 7.92. The summed E-state index contributed by atoms with van der Waals surface area (Å²) in [5.74, 6) is 0. The van der Waals surface area contributed by atoms with E-state index in [2.05, 4.69) is 10.6 Å². The molecule has 25 heavy (non-hydrogen) atoms. The molecule has 0 bridgehead atoms. The maximum atomic E-state index is 12.2. The number of hydrogen-bond donors (Lipinski definition) is 5. The second kappa shape index (κ2) is 5.87. The summed E-state index contributed by atoms with van der Waals surface area (Å²) < 4.78 is 5.52. The van der Waals surface area contributed by atoms with Crippen LogP contribution in [0.5, 0.6) is 0 Å². The Labute approximate surface area is 144 Å². The third kappa shape index (κ3) is 2.60. The molecule has 136 valence electrons. The number of nitrogens with zero attached hydrogens (tertiary/aromatic N) is 1. The fourth-order valence-electron chi connectivity index (χ4n) is 3.62. The van der Waals surface area contributed by atoms with Gasteiger partial charge in [0.2, 0.25) is 0 Å². The van der Waals surface area contributed by atoms with Crippen LogP contribution in [0.1, 0.15) is 24.5 Å². The number of amides is 3. The van der Waals surface area contributed by atoms with Gasteiger partial charge in [0.1, 0.15) is 0 Å². The van der Waals surface area contributed by atoms with Crippen LogP contribution in [0.15, 0.2) is 18.2 Å². The molecule has 1 aromatic carbocycles. The zero-order valence-electron chi connectivity index (χ0n) is 13.9. The summed E-state index contributed by atoms with van der Waals surface area (Å²) in [6.07, 6.45) is -1.70. The van der Waals surface area contributed by atoms with Crippen LogP contribution in [0.3, 0.4) is 0 Å². The molecule has 3 amide bonds. The molecule has 1 aliphatic heterocycles. The van der Waals surface area contributed by atoms with E-state index < -0.39 is 30.3 Å². The lowest BCUT2D eigenvalue weighted by Gasteiger charge is -2.38. The van der Waals surface area contributed by atoms with E-state index in [1.54, 1.807) is 18.2 Å². The van der Waals surface area contributed by atoms with E-state index in [0.29, 0.717) is 24.1 Å². The third-order valence-electron chi connectivity index (χ3n) is 4.89. The van der Waals surface area contributed by atoms with Gasteiger partial charge in [-0.1, -0.05) is 6.07 Å². The van der Waals surface area contributed by atoms with E-state index >= 15 is 0 Å². The van der Waals surface area contributed by atoms with E-state index in [4.69, 9.17) is 4.74 Å². The monoisotopic (exact) mass is 351 g/mol. The van der Waals surface area contributed by atoms with Crippen molar-refractivity contribution in [3.05, 3.63) is 29.3 Å². The molecule has 9 heteroatoms. The Bertz CT molecular complexity index is 720. The van der Waals surface area contributed by atoms with Crippen molar-refractivity contribution in [1.82, 2.24) is 10.2 Å². The van der Waals surface area contributed by atoms with Crippen molar-refractivity contribution in [2.45, 2.75) is 37.4 Å². The number of aliphatic hydroxyl groups is 3. The van der Waals surface area contributed by atoms with Crippen LogP contribution in [0, 0.1) is 0 Å². The Morgan fingerprint density at radius 1 is 1.44 bits per heavy atom. The highest BCUT2D eigenvalue weighted by molar-refractivity contribution is 5.89. The number of benzene rings is 1. The number of carbonyl (C=O) groups is 2. The van der Waals surface area contributed by atoms with Crippen molar-refractivity contribution in [3.8, 4) is 0 Å². The molecule has 9 nitrogen and oxygen atoms in total. The summed E-state index contributed by atoms with van der Waals surface area (Å²) in [6.45, 7) is 0.964. The number of aryl methyl sites for hydroxylation is 1. The third-order valence-corrected chi connectivity index (χ3v) is 4.89. The normalized spacial score (nSPS) is 27.6. The predicted octanol–water partition coefficient (Wildman–Crippen LogP) is 0.0508. The minimum Gasteiger partial charge on any atom is -0.433 e. The first-order valence-corrected chi connectivity index (χ1v) is 7.92. The summed E-state index contributed by atoms with van der Waals surface area (Å²) in [6, 6.07) is 4.78. The van der Waals surface area contributed by atoms with Crippen LogP contribution in [0.25, 0.3) is 0 Å². The van der Waals surface area contributed by atoms with Crippen LogP contribution in [-0.4, -0.2) is 58.0 Å². The minimum atomic E-state index is -1.78. The summed E-state index contributed by atoms with van der Waals surface area (Å²) in [5, 5.41) is 34.5. The largest absolute Gasteiger partial charge is 0.433 e.